The normalized spacial score (nSPS) is 20.8. The largest absolute Gasteiger partial charge is 0.343 e. The van der Waals surface area contributed by atoms with Crippen molar-refractivity contribution in [3.05, 3.63) is 29.3 Å². The number of amides is 3. The van der Waals surface area contributed by atoms with Gasteiger partial charge in [-0.3, -0.25) is 24.5 Å². The van der Waals surface area contributed by atoms with Crippen LogP contribution in [0, 0.1) is 5.92 Å². The predicted molar refractivity (Wildman–Crippen MR) is 94.6 cm³/mol. The second-order valence-corrected chi connectivity index (χ2v) is 7.00. The van der Waals surface area contributed by atoms with Crippen molar-refractivity contribution < 1.29 is 19.6 Å². The molecule has 0 bridgehead atoms. The van der Waals surface area contributed by atoms with E-state index in [1.54, 1.807) is 30.6 Å². The molecule has 1 fully saturated rings. The van der Waals surface area contributed by atoms with Crippen LogP contribution in [-0.2, 0) is 16.1 Å². The third kappa shape index (κ3) is 4.20. The minimum Gasteiger partial charge on any atom is -0.343 e. The van der Waals surface area contributed by atoms with Gasteiger partial charge < -0.3 is 10.2 Å². The van der Waals surface area contributed by atoms with Crippen LogP contribution in [0.4, 0.5) is 5.69 Å². The summed E-state index contributed by atoms with van der Waals surface area (Å²) in [5.74, 6) is -0.263. The first-order valence-electron chi connectivity index (χ1n) is 8.81. The van der Waals surface area contributed by atoms with Crippen molar-refractivity contribution in [2.45, 2.75) is 26.3 Å². The number of piperidine rings is 1. The summed E-state index contributed by atoms with van der Waals surface area (Å²) < 4.78 is 0. The number of likely N-dealkylation sites (tertiary alicyclic amines) is 1. The topological polar surface area (TPSA) is 102 Å². The van der Waals surface area contributed by atoms with E-state index in [2.05, 4.69) is 10.2 Å². The highest BCUT2D eigenvalue weighted by Gasteiger charge is 2.26. The van der Waals surface area contributed by atoms with Crippen molar-refractivity contribution in [3.63, 3.8) is 0 Å². The molecule has 3 amide bonds. The Morgan fingerprint density at radius 3 is 2.88 bits per heavy atom. The molecule has 1 aromatic carbocycles. The number of carbonyl (C=O) groups excluding carboxylic acids is 3. The monoisotopic (exact) mass is 360 g/mol. The van der Waals surface area contributed by atoms with Crippen LogP contribution >= 0.6 is 0 Å². The molecular weight excluding hydrogens is 336 g/mol. The van der Waals surface area contributed by atoms with Gasteiger partial charge in [0.2, 0.25) is 11.8 Å². The van der Waals surface area contributed by atoms with Crippen LogP contribution in [0.25, 0.3) is 0 Å². The van der Waals surface area contributed by atoms with E-state index in [1.165, 1.54) is 0 Å². The lowest BCUT2D eigenvalue weighted by Crippen LogP contribution is -2.43. The molecule has 8 heteroatoms. The summed E-state index contributed by atoms with van der Waals surface area (Å²) in [5.41, 5.74) is 3.47. The Labute approximate surface area is 152 Å². The highest BCUT2D eigenvalue weighted by molar-refractivity contribution is 5.97. The zero-order chi connectivity index (χ0) is 18.7. The van der Waals surface area contributed by atoms with Gasteiger partial charge in [-0.2, -0.15) is 0 Å². The summed E-state index contributed by atoms with van der Waals surface area (Å²) in [7, 11) is 0. The number of anilines is 1. The maximum absolute atomic E-state index is 12.2. The summed E-state index contributed by atoms with van der Waals surface area (Å²) in [6.45, 7) is 4.62. The standard InChI is InChI=1S/C18H24N4O4/c1-12(23)22-6-2-3-13(9-22)8-21-10-15-7-14(18(25)20-26)4-5-16(15)19-17(24)11-21/h4-5,7,13,26H,2-3,6,8-11H2,1H3,(H,19,24)(H,20,25). The van der Waals surface area contributed by atoms with E-state index >= 15 is 0 Å². The Bertz CT molecular complexity index is 721. The number of hydrogen-bond donors (Lipinski definition) is 3. The Morgan fingerprint density at radius 2 is 2.15 bits per heavy atom. The SMILES string of the molecule is CC(=O)N1CCCC(CN2CC(=O)Nc3ccc(C(=O)NO)cc3C2)C1. The summed E-state index contributed by atoms with van der Waals surface area (Å²) in [6.07, 6.45) is 2.00. The fraction of sp³-hybridized carbons (Fsp3) is 0.500. The van der Waals surface area contributed by atoms with Gasteiger partial charge in [0.05, 0.1) is 6.54 Å². The van der Waals surface area contributed by atoms with Gasteiger partial charge >= 0.3 is 0 Å². The number of benzene rings is 1. The second kappa shape index (κ2) is 7.84. The summed E-state index contributed by atoms with van der Waals surface area (Å²) in [4.78, 5) is 39.4. The van der Waals surface area contributed by atoms with E-state index in [-0.39, 0.29) is 18.4 Å². The zero-order valence-electron chi connectivity index (χ0n) is 14.8. The van der Waals surface area contributed by atoms with Gasteiger partial charge in [-0.1, -0.05) is 0 Å². The molecule has 0 aliphatic carbocycles. The smallest absolute Gasteiger partial charge is 0.274 e. The third-order valence-corrected chi connectivity index (χ3v) is 4.98. The number of rotatable bonds is 3. The lowest BCUT2D eigenvalue weighted by molar-refractivity contribution is -0.131. The molecule has 2 aliphatic heterocycles. The molecule has 1 saturated heterocycles. The van der Waals surface area contributed by atoms with E-state index in [4.69, 9.17) is 5.21 Å². The van der Waals surface area contributed by atoms with Crippen LogP contribution in [-0.4, -0.2) is 58.9 Å². The second-order valence-electron chi connectivity index (χ2n) is 7.00. The number of hydroxylamine groups is 1. The molecular formula is C18H24N4O4. The van der Waals surface area contributed by atoms with Crippen molar-refractivity contribution in [1.29, 1.82) is 0 Å². The number of nitrogens with one attached hydrogen (secondary N) is 2. The Balaban J connectivity index is 1.74. The molecule has 3 rings (SSSR count). The average Bonchev–Trinajstić information content (AvgIpc) is 2.77. The third-order valence-electron chi connectivity index (χ3n) is 4.98. The number of fused-ring (bicyclic) bond motifs is 1. The van der Waals surface area contributed by atoms with Crippen LogP contribution in [0.1, 0.15) is 35.7 Å². The molecule has 2 aliphatic rings. The molecule has 1 aromatic rings. The molecule has 3 N–H and O–H groups in total. The van der Waals surface area contributed by atoms with Gasteiger partial charge in [0.15, 0.2) is 0 Å². The Kier molecular flexibility index (Phi) is 5.53. The lowest BCUT2D eigenvalue weighted by Gasteiger charge is -2.34. The van der Waals surface area contributed by atoms with Crippen molar-refractivity contribution >= 4 is 23.4 Å². The van der Waals surface area contributed by atoms with Crippen molar-refractivity contribution in [1.82, 2.24) is 15.3 Å². The van der Waals surface area contributed by atoms with Gasteiger partial charge in [-0.15, -0.1) is 0 Å². The zero-order valence-corrected chi connectivity index (χ0v) is 14.8. The van der Waals surface area contributed by atoms with Crippen molar-refractivity contribution in [2.24, 2.45) is 5.92 Å². The van der Waals surface area contributed by atoms with E-state index in [1.807, 2.05) is 4.90 Å². The van der Waals surface area contributed by atoms with Crippen molar-refractivity contribution in [3.8, 4) is 0 Å². The molecule has 26 heavy (non-hydrogen) atoms. The first kappa shape index (κ1) is 18.3. The van der Waals surface area contributed by atoms with Crippen LogP contribution in [0.5, 0.6) is 0 Å². The van der Waals surface area contributed by atoms with Gasteiger partial charge in [0, 0.05) is 44.4 Å². The van der Waals surface area contributed by atoms with Gasteiger partial charge in [-0.05, 0) is 42.5 Å². The number of carbonyl (C=O) groups is 3. The predicted octanol–water partition coefficient (Wildman–Crippen LogP) is 0.818. The highest BCUT2D eigenvalue weighted by Crippen LogP contribution is 2.25. The quantitative estimate of drug-likeness (QED) is 0.547. The summed E-state index contributed by atoms with van der Waals surface area (Å²) in [6, 6.07) is 4.92. The number of hydrogen-bond acceptors (Lipinski definition) is 5. The molecule has 0 radical (unpaired) electrons. The first-order valence-corrected chi connectivity index (χ1v) is 8.81. The molecule has 0 saturated carbocycles. The highest BCUT2D eigenvalue weighted by atomic mass is 16.5. The molecule has 0 spiro atoms. The van der Waals surface area contributed by atoms with Gasteiger partial charge in [0.25, 0.3) is 5.91 Å². The molecule has 0 aromatic heterocycles. The fourth-order valence-electron chi connectivity index (χ4n) is 3.74. The van der Waals surface area contributed by atoms with Crippen LogP contribution in [0.3, 0.4) is 0 Å². The Hall–Kier alpha value is -2.45. The van der Waals surface area contributed by atoms with Crippen LogP contribution in [0.2, 0.25) is 0 Å². The summed E-state index contributed by atoms with van der Waals surface area (Å²) >= 11 is 0. The van der Waals surface area contributed by atoms with Gasteiger partial charge in [-0.25, -0.2) is 5.48 Å². The van der Waals surface area contributed by atoms with E-state index in [0.717, 1.165) is 24.9 Å². The fourth-order valence-corrected chi connectivity index (χ4v) is 3.74. The van der Waals surface area contributed by atoms with Crippen LogP contribution in [0.15, 0.2) is 18.2 Å². The molecule has 140 valence electrons. The minimum atomic E-state index is -0.584. The Morgan fingerprint density at radius 1 is 1.35 bits per heavy atom. The summed E-state index contributed by atoms with van der Waals surface area (Å²) in [5, 5.41) is 11.7. The molecule has 1 unspecified atom stereocenters. The van der Waals surface area contributed by atoms with E-state index in [9.17, 15) is 14.4 Å². The molecule has 1 atom stereocenters. The average molecular weight is 360 g/mol. The maximum Gasteiger partial charge on any atom is 0.274 e. The maximum atomic E-state index is 12.2. The minimum absolute atomic E-state index is 0.0910. The van der Waals surface area contributed by atoms with E-state index in [0.29, 0.717) is 36.8 Å². The number of nitrogens with zero attached hydrogens (tertiary/aromatic N) is 2. The first-order chi connectivity index (χ1) is 12.5. The van der Waals surface area contributed by atoms with Gasteiger partial charge in [0.1, 0.15) is 0 Å². The van der Waals surface area contributed by atoms with E-state index < -0.39 is 5.91 Å². The van der Waals surface area contributed by atoms with Crippen LogP contribution < -0.4 is 10.8 Å². The molecule has 2 heterocycles. The molecule has 8 nitrogen and oxygen atoms in total. The lowest BCUT2D eigenvalue weighted by atomic mass is 9.97. The van der Waals surface area contributed by atoms with Crippen molar-refractivity contribution in [2.75, 3.05) is 31.5 Å².